The lowest BCUT2D eigenvalue weighted by Crippen LogP contribution is -2.48. The van der Waals surface area contributed by atoms with Crippen molar-refractivity contribution in [3.63, 3.8) is 0 Å². The summed E-state index contributed by atoms with van der Waals surface area (Å²) in [5, 5.41) is 3.95. The van der Waals surface area contributed by atoms with Crippen LogP contribution in [0, 0.1) is 5.92 Å². The van der Waals surface area contributed by atoms with Gasteiger partial charge in [-0.25, -0.2) is 0 Å². The molecular weight excluding hydrogens is 307 g/mol. The van der Waals surface area contributed by atoms with Gasteiger partial charge in [-0.3, -0.25) is 4.79 Å². The number of nitrogens with one attached hydrogen (secondary N) is 1. The Kier molecular flexibility index (Phi) is 6.51. The molecule has 1 fully saturated rings. The monoisotopic (exact) mass is 330 g/mol. The van der Waals surface area contributed by atoms with E-state index in [2.05, 4.69) is 5.32 Å². The number of hydrogen-bond donors (Lipinski definition) is 2. The van der Waals surface area contributed by atoms with Crippen LogP contribution < -0.4 is 11.1 Å². The summed E-state index contributed by atoms with van der Waals surface area (Å²) in [5.74, 6) is -0.159. The normalized spacial score (nSPS) is 19.4. The van der Waals surface area contributed by atoms with E-state index >= 15 is 0 Å². The molecule has 0 bridgehead atoms. The lowest BCUT2D eigenvalue weighted by molar-refractivity contribution is -0.127. The van der Waals surface area contributed by atoms with Crippen LogP contribution in [0.3, 0.4) is 0 Å². The van der Waals surface area contributed by atoms with Crippen LogP contribution in [0.25, 0.3) is 0 Å². The Balaban J connectivity index is 0.00000220. The van der Waals surface area contributed by atoms with Gasteiger partial charge in [-0.2, -0.15) is 0 Å². The van der Waals surface area contributed by atoms with Gasteiger partial charge in [-0.1, -0.05) is 43.5 Å². The van der Waals surface area contributed by atoms with Crippen molar-refractivity contribution in [1.29, 1.82) is 0 Å². The highest BCUT2D eigenvalue weighted by Gasteiger charge is 2.38. The Morgan fingerprint density at radius 3 is 2.48 bits per heavy atom. The summed E-state index contributed by atoms with van der Waals surface area (Å²) in [6.45, 7) is 3.74. The van der Waals surface area contributed by atoms with Crippen LogP contribution in [0.15, 0.2) is 24.3 Å². The van der Waals surface area contributed by atoms with Crippen molar-refractivity contribution < 1.29 is 4.79 Å². The van der Waals surface area contributed by atoms with Gasteiger partial charge in [-0.15, -0.1) is 12.4 Å². The molecule has 1 aromatic rings. The van der Waals surface area contributed by atoms with Crippen LogP contribution in [0.2, 0.25) is 5.02 Å². The third-order valence-electron chi connectivity index (χ3n) is 4.40. The zero-order valence-corrected chi connectivity index (χ0v) is 14.1. The van der Waals surface area contributed by atoms with E-state index in [0.29, 0.717) is 5.02 Å². The van der Waals surface area contributed by atoms with Crippen LogP contribution >= 0.6 is 24.0 Å². The van der Waals surface area contributed by atoms with E-state index in [0.717, 1.165) is 31.2 Å². The quantitative estimate of drug-likeness (QED) is 0.885. The first-order chi connectivity index (χ1) is 9.44. The van der Waals surface area contributed by atoms with Gasteiger partial charge in [0, 0.05) is 17.0 Å². The smallest absolute Gasteiger partial charge is 0.225 e. The molecule has 3 nitrogen and oxygen atoms in total. The largest absolute Gasteiger partial charge is 0.346 e. The average Bonchev–Trinajstić information content (AvgIpc) is 2.87. The molecule has 21 heavy (non-hydrogen) atoms. The van der Waals surface area contributed by atoms with Gasteiger partial charge >= 0.3 is 0 Å². The van der Waals surface area contributed by atoms with Gasteiger partial charge in [0.05, 0.1) is 5.54 Å². The second-order valence-corrected chi connectivity index (χ2v) is 6.37. The molecule has 2 atom stereocenters. The second-order valence-electron chi connectivity index (χ2n) is 5.94. The SMILES string of the molecule is CC(N)C(C)C(=O)NC1(c2cccc(Cl)c2)CCCC1.Cl. The number of benzene rings is 1. The number of amides is 1. The second kappa shape index (κ2) is 7.48. The fourth-order valence-corrected chi connectivity index (χ4v) is 3.03. The van der Waals surface area contributed by atoms with E-state index in [1.165, 1.54) is 0 Å². The fourth-order valence-electron chi connectivity index (χ4n) is 2.84. The summed E-state index contributed by atoms with van der Waals surface area (Å²) in [6.07, 6.45) is 4.17. The zero-order chi connectivity index (χ0) is 14.8. The zero-order valence-electron chi connectivity index (χ0n) is 12.6. The molecule has 5 heteroatoms. The Bertz CT molecular complexity index is 485. The Morgan fingerprint density at radius 2 is 1.95 bits per heavy atom. The van der Waals surface area contributed by atoms with Gasteiger partial charge in [0.25, 0.3) is 0 Å². The van der Waals surface area contributed by atoms with Crippen molar-refractivity contribution in [3.8, 4) is 0 Å². The van der Waals surface area contributed by atoms with E-state index < -0.39 is 0 Å². The van der Waals surface area contributed by atoms with Crippen molar-refractivity contribution in [1.82, 2.24) is 5.32 Å². The van der Waals surface area contributed by atoms with Crippen LogP contribution in [0.4, 0.5) is 0 Å². The molecule has 1 saturated carbocycles. The minimum absolute atomic E-state index is 0. The van der Waals surface area contributed by atoms with Crippen molar-refractivity contribution in [3.05, 3.63) is 34.9 Å². The topological polar surface area (TPSA) is 55.1 Å². The molecule has 0 saturated heterocycles. The third-order valence-corrected chi connectivity index (χ3v) is 4.63. The van der Waals surface area contributed by atoms with Gasteiger partial charge in [0.1, 0.15) is 0 Å². The predicted octanol–water partition coefficient (Wildman–Crippen LogP) is 3.63. The minimum atomic E-state index is -0.273. The van der Waals surface area contributed by atoms with Crippen molar-refractivity contribution in [2.24, 2.45) is 11.7 Å². The summed E-state index contributed by atoms with van der Waals surface area (Å²) in [6, 6.07) is 7.67. The number of halogens is 2. The lowest BCUT2D eigenvalue weighted by atomic mass is 9.87. The van der Waals surface area contributed by atoms with Crippen molar-refractivity contribution >= 4 is 29.9 Å². The van der Waals surface area contributed by atoms with Crippen LogP contribution in [-0.4, -0.2) is 11.9 Å². The highest BCUT2D eigenvalue weighted by molar-refractivity contribution is 6.30. The number of hydrogen-bond acceptors (Lipinski definition) is 2. The van der Waals surface area contributed by atoms with E-state index in [1.807, 2.05) is 38.1 Å². The molecule has 0 spiro atoms. The van der Waals surface area contributed by atoms with E-state index in [1.54, 1.807) is 0 Å². The first-order valence-corrected chi connectivity index (χ1v) is 7.66. The Morgan fingerprint density at radius 1 is 1.33 bits per heavy atom. The number of nitrogens with two attached hydrogens (primary N) is 1. The number of rotatable bonds is 4. The maximum absolute atomic E-state index is 12.4. The summed E-state index contributed by atoms with van der Waals surface area (Å²) in [5.41, 5.74) is 6.67. The molecule has 2 unspecified atom stereocenters. The first-order valence-electron chi connectivity index (χ1n) is 7.28. The highest BCUT2D eigenvalue weighted by Crippen LogP contribution is 2.39. The molecule has 1 amide bonds. The summed E-state index contributed by atoms with van der Waals surface area (Å²) >= 11 is 6.10. The maximum Gasteiger partial charge on any atom is 0.225 e. The molecule has 0 aliphatic heterocycles. The van der Waals surface area contributed by atoms with Gasteiger partial charge in [0.2, 0.25) is 5.91 Å². The van der Waals surface area contributed by atoms with Crippen molar-refractivity contribution in [2.75, 3.05) is 0 Å². The number of carbonyl (C=O) groups excluding carboxylic acids is 1. The van der Waals surface area contributed by atoms with Gasteiger partial charge in [0.15, 0.2) is 0 Å². The molecule has 1 aliphatic rings. The van der Waals surface area contributed by atoms with Gasteiger partial charge in [-0.05, 0) is 37.5 Å². The predicted molar refractivity (Wildman–Crippen MR) is 89.8 cm³/mol. The van der Waals surface area contributed by atoms with E-state index in [-0.39, 0.29) is 35.8 Å². The van der Waals surface area contributed by atoms with Crippen LogP contribution in [0.1, 0.15) is 45.1 Å². The Hall–Kier alpha value is -0.770. The summed E-state index contributed by atoms with van der Waals surface area (Å²) in [7, 11) is 0. The maximum atomic E-state index is 12.4. The molecule has 1 aromatic carbocycles. The molecule has 2 rings (SSSR count). The summed E-state index contributed by atoms with van der Waals surface area (Å²) in [4.78, 5) is 12.4. The van der Waals surface area contributed by atoms with E-state index in [9.17, 15) is 4.79 Å². The molecule has 0 radical (unpaired) electrons. The van der Waals surface area contributed by atoms with E-state index in [4.69, 9.17) is 17.3 Å². The van der Waals surface area contributed by atoms with Crippen molar-refractivity contribution in [2.45, 2.75) is 51.1 Å². The van der Waals surface area contributed by atoms with Gasteiger partial charge < -0.3 is 11.1 Å². The molecule has 0 aromatic heterocycles. The lowest BCUT2D eigenvalue weighted by Gasteiger charge is -2.33. The average molecular weight is 331 g/mol. The standard InChI is InChI=1S/C16H23ClN2O.ClH/c1-11(12(2)18)15(20)19-16(8-3-4-9-16)13-6-5-7-14(17)10-13;/h5-7,10-12H,3-4,8-9,18H2,1-2H3,(H,19,20);1H. The fraction of sp³-hybridized carbons (Fsp3) is 0.562. The number of carbonyl (C=O) groups is 1. The third kappa shape index (κ3) is 4.12. The minimum Gasteiger partial charge on any atom is -0.346 e. The van der Waals surface area contributed by atoms with Crippen LogP contribution in [-0.2, 0) is 10.3 Å². The molecule has 3 N–H and O–H groups in total. The summed E-state index contributed by atoms with van der Waals surface area (Å²) < 4.78 is 0. The molecule has 1 aliphatic carbocycles. The van der Waals surface area contributed by atoms with Crippen LogP contribution in [0.5, 0.6) is 0 Å². The molecule has 0 heterocycles. The first kappa shape index (κ1) is 18.3. The molecule has 118 valence electrons. The highest BCUT2D eigenvalue weighted by atomic mass is 35.5. The Labute approximate surface area is 138 Å². The molecular formula is C16H24Cl2N2O.